The molecule has 3 aromatic rings. The molecular weight excluding hydrogens is 366 g/mol. The molecule has 2 N–H and O–H groups in total. The summed E-state index contributed by atoms with van der Waals surface area (Å²) in [6, 6.07) is 11.6. The van der Waals surface area contributed by atoms with Gasteiger partial charge in [-0.2, -0.15) is 0 Å². The van der Waals surface area contributed by atoms with Crippen LogP contribution in [0.25, 0.3) is 10.9 Å². The SMILES string of the molecule is CNC(=O)c1cc(C(=O)CC2[C@H]3COC[C@@H]23)cc(Cc2cccc3[nH]ccc23)n1. The summed E-state index contributed by atoms with van der Waals surface area (Å²) in [6.45, 7) is 1.54. The van der Waals surface area contributed by atoms with Crippen molar-refractivity contribution in [1.29, 1.82) is 0 Å². The van der Waals surface area contributed by atoms with E-state index in [9.17, 15) is 9.59 Å². The standard InChI is InChI=1S/C23H23N3O3/c1-24-23(28)21-9-14(22(27)10-17-18-11-29-12-19(17)18)8-15(26-21)7-13-3-2-4-20-16(13)5-6-25-20/h2-6,8-9,17-19,25H,7,10-12H2,1H3,(H,24,28)/t17?,18-,19+. The monoisotopic (exact) mass is 389 g/mol. The normalized spacial score (nSPS) is 22.4. The van der Waals surface area contributed by atoms with Crippen molar-refractivity contribution in [3.05, 3.63) is 65.1 Å². The van der Waals surface area contributed by atoms with Crippen molar-refractivity contribution in [2.24, 2.45) is 17.8 Å². The van der Waals surface area contributed by atoms with Gasteiger partial charge in [0.1, 0.15) is 5.69 Å². The lowest BCUT2D eigenvalue weighted by Crippen LogP contribution is -2.21. The number of hydrogen-bond donors (Lipinski definition) is 2. The highest BCUT2D eigenvalue weighted by Gasteiger charge is 2.54. The highest BCUT2D eigenvalue weighted by molar-refractivity contribution is 6.00. The third kappa shape index (κ3) is 3.34. The number of carbonyl (C=O) groups excluding carboxylic acids is 2. The number of amides is 1. The molecule has 6 heteroatoms. The first kappa shape index (κ1) is 18.1. The minimum absolute atomic E-state index is 0.0815. The summed E-state index contributed by atoms with van der Waals surface area (Å²) in [5.41, 5.74) is 3.75. The van der Waals surface area contributed by atoms with Crippen LogP contribution >= 0.6 is 0 Å². The molecule has 1 unspecified atom stereocenters. The quantitative estimate of drug-likeness (QED) is 0.635. The van der Waals surface area contributed by atoms with E-state index < -0.39 is 0 Å². The molecule has 1 saturated heterocycles. The van der Waals surface area contributed by atoms with Crippen LogP contribution < -0.4 is 5.32 Å². The highest BCUT2D eigenvalue weighted by Crippen LogP contribution is 2.52. The van der Waals surface area contributed by atoms with E-state index in [1.807, 2.05) is 30.5 Å². The number of benzene rings is 1. The average Bonchev–Trinajstić information content (AvgIpc) is 3.14. The highest BCUT2D eigenvalue weighted by atomic mass is 16.5. The van der Waals surface area contributed by atoms with Crippen LogP contribution in [-0.2, 0) is 11.2 Å². The van der Waals surface area contributed by atoms with Gasteiger partial charge >= 0.3 is 0 Å². The molecule has 1 amide bonds. The van der Waals surface area contributed by atoms with Gasteiger partial charge in [0, 0.05) is 48.2 Å². The lowest BCUT2D eigenvalue weighted by Gasteiger charge is -2.10. The van der Waals surface area contributed by atoms with Gasteiger partial charge in [0.25, 0.3) is 5.91 Å². The van der Waals surface area contributed by atoms with Gasteiger partial charge in [-0.15, -0.1) is 0 Å². The Bertz CT molecular complexity index is 1090. The van der Waals surface area contributed by atoms with Gasteiger partial charge in [0.2, 0.25) is 0 Å². The molecule has 0 radical (unpaired) electrons. The average molecular weight is 389 g/mol. The smallest absolute Gasteiger partial charge is 0.269 e. The van der Waals surface area contributed by atoms with Gasteiger partial charge in [-0.05, 0) is 47.6 Å². The minimum atomic E-state index is -0.280. The van der Waals surface area contributed by atoms with Crippen molar-refractivity contribution in [2.75, 3.05) is 20.3 Å². The summed E-state index contributed by atoms with van der Waals surface area (Å²) in [5.74, 6) is 1.29. The van der Waals surface area contributed by atoms with E-state index in [0.29, 0.717) is 36.2 Å². The molecule has 6 nitrogen and oxygen atoms in total. The Hall–Kier alpha value is -2.99. The molecular formula is C23H23N3O3. The van der Waals surface area contributed by atoms with Crippen molar-refractivity contribution >= 4 is 22.6 Å². The summed E-state index contributed by atoms with van der Waals surface area (Å²) in [5, 5.41) is 3.74. The van der Waals surface area contributed by atoms with Gasteiger partial charge in [0.05, 0.1) is 13.2 Å². The Balaban J connectivity index is 1.44. The number of fused-ring (bicyclic) bond motifs is 2. The number of Topliss-reactive ketones (excluding diaryl/α,β-unsaturated/α-hetero) is 1. The zero-order valence-corrected chi connectivity index (χ0v) is 16.3. The molecule has 2 aromatic heterocycles. The fourth-order valence-electron chi connectivity index (χ4n) is 4.58. The predicted octanol–water partition coefficient (Wildman–Crippen LogP) is 2.98. The second kappa shape index (κ2) is 7.12. The molecule has 1 aliphatic heterocycles. The number of nitrogens with zero attached hydrogens (tertiary/aromatic N) is 1. The van der Waals surface area contributed by atoms with Crippen LogP contribution in [0.2, 0.25) is 0 Å². The van der Waals surface area contributed by atoms with Crippen molar-refractivity contribution in [1.82, 2.24) is 15.3 Å². The summed E-state index contributed by atoms with van der Waals surface area (Å²) < 4.78 is 5.43. The first-order chi connectivity index (χ1) is 14.1. The van der Waals surface area contributed by atoms with E-state index in [1.54, 1.807) is 13.1 Å². The summed E-state index contributed by atoms with van der Waals surface area (Å²) in [6.07, 6.45) is 2.99. The Morgan fingerprint density at radius 1 is 1.21 bits per heavy atom. The van der Waals surface area contributed by atoms with Crippen molar-refractivity contribution in [3.63, 3.8) is 0 Å². The van der Waals surface area contributed by atoms with Crippen molar-refractivity contribution in [3.8, 4) is 0 Å². The lowest BCUT2D eigenvalue weighted by atomic mass is 10.00. The third-order valence-corrected chi connectivity index (χ3v) is 6.27. The van der Waals surface area contributed by atoms with Crippen molar-refractivity contribution < 1.29 is 14.3 Å². The van der Waals surface area contributed by atoms with Crippen LogP contribution in [-0.4, -0.2) is 41.9 Å². The maximum Gasteiger partial charge on any atom is 0.269 e. The summed E-state index contributed by atoms with van der Waals surface area (Å²) in [4.78, 5) is 33.0. The Kier molecular flexibility index (Phi) is 4.43. The maximum absolute atomic E-state index is 13.0. The van der Waals surface area contributed by atoms with Crippen LogP contribution in [0.15, 0.2) is 42.6 Å². The van der Waals surface area contributed by atoms with Crippen LogP contribution in [0.4, 0.5) is 0 Å². The lowest BCUT2D eigenvalue weighted by molar-refractivity contribution is 0.0950. The predicted molar refractivity (Wildman–Crippen MR) is 109 cm³/mol. The number of aromatic amines is 1. The molecule has 2 aliphatic rings. The van der Waals surface area contributed by atoms with Gasteiger partial charge in [-0.1, -0.05) is 12.1 Å². The topological polar surface area (TPSA) is 84.1 Å². The number of pyridine rings is 1. The fourth-order valence-corrected chi connectivity index (χ4v) is 4.58. The second-order valence-corrected chi connectivity index (χ2v) is 8.00. The largest absolute Gasteiger partial charge is 0.381 e. The molecule has 1 aromatic carbocycles. The molecule has 1 saturated carbocycles. The molecule has 5 rings (SSSR count). The van der Waals surface area contributed by atoms with Crippen LogP contribution in [0.1, 0.15) is 38.5 Å². The van der Waals surface area contributed by atoms with E-state index in [0.717, 1.165) is 35.4 Å². The molecule has 0 bridgehead atoms. The van der Waals surface area contributed by atoms with E-state index in [1.165, 1.54) is 0 Å². The summed E-state index contributed by atoms with van der Waals surface area (Å²) >= 11 is 0. The van der Waals surface area contributed by atoms with Crippen LogP contribution in [0, 0.1) is 17.8 Å². The molecule has 148 valence electrons. The number of ether oxygens (including phenoxy) is 1. The van der Waals surface area contributed by atoms with Gasteiger partial charge < -0.3 is 15.0 Å². The molecule has 0 spiro atoms. The third-order valence-electron chi connectivity index (χ3n) is 6.27. The van der Waals surface area contributed by atoms with Crippen LogP contribution in [0.5, 0.6) is 0 Å². The minimum Gasteiger partial charge on any atom is -0.381 e. The number of aromatic nitrogens is 2. The number of H-pyrrole nitrogens is 1. The zero-order chi connectivity index (χ0) is 20.0. The first-order valence-corrected chi connectivity index (χ1v) is 10.0. The maximum atomic E-state index is 13.0. The van der Waals surface area contributed by atoms with Gasteiger partial charge in [-0.25, -0.2) is 4.98 Å². The number of carbonyl (C=O) groups is 2. The Labute approximate surface area is 168 Å². The first-order valence-electron chi connectivity index (χ1n) is 10.0. The molecule has 2 fully saturated rings. The number of nitrogens with one attached hydrogen (secondary N) is 2. The number of hydrogen-bond acceptors (Lipinski definition) is 4. The molecule has 29 heavy (non-hydrogen) atoms. The second-order valence-electron chi connectivity index (χ2n) is 8.00. The summed E-state index contributed by atoms with van der Waals surface area (Å²) in [7, 11) is 1.57. The van der Waals surface area contributed by atoms with Crippen LogP contribution in [0.3, 0.4) is 0 Å². The zero-order valence-electron chi connectivity index (χ0n) is 16.3. The number of rotatable bonds is 6. The van der Waals surface area contributed by atoms with E-state index in [2.05, 4.69) is 21.4 Å². The van der Waals surface area contributed by atoms with Gasteiger partial charge in [0.15, 0.2) is 5.78 Å². The van der Waals surface area contributed by atoms with E-state index in [-0.39, 0.29) is 17.4 Å². The fraction of sp³-hybridized carbons (Fsp3) is 0.348. The van der Waals surface area contributed by atoms with E-state index >= 15 is 0 Å². The molecule has 3 atom stereocenters. The van der Waals surface area contributed by atoms with Crippen molar-refractivity contribution in [2.45, 2.75) is 12.8 Å². The van der Waals surface area contributed by atoms with E-state index in [4.69, 9.17) is 4.74 Å². The Morgan fingerprint density at radius 2 is 2.03 bits per heavy atom. The molecule has 1 aliphatic carbocycles. The molecule has 3 heterocycles. The van der Waals surface area contributed by atoms with Gasteiger partial charge in [-0.3, -0.25) is 9.59 Å². The Morgan fingerprint density at radius 3 is 2.83 bits per heavy atom. The number of ketones is 1.